The maximum Gasteiger partial charge on any atom is 0.308 e. The van der Waals surface area contributed by atoms with Gasteiger partial charge >= 0.3 is 5.97 Å². The van der Waals surface area contributed by atoms with Crippen LogP contribution in [0.5, 0.6) is 0 Å². The van der Waals surface area contributed by atoms with Crippen LogP contribution in [0.1, 0.15) is 31.2 Å². The molecule has 0 saturated carbocycles. The van der Waals surface area contributed by atoms with Gasteiger partial charge in [0, 0.05) is 31.9 Å². The number of aromatic nitrogens is 1. The highest BCUT2D eigenvalue weighted by atomic mass is 16.4. The van der Waals surface area contributed by atoms with Gasteiger partial charge in [0.15, 0.2) is 0 Å². The Balaban J connectivity index is 1.90. The highest BCUT2D eigenvalue weighted by molar-refractivity contribution is 5.79. The topological polar surface area (TPSA) is 70.5 Å². The predicted octanol–water partition coefficient (Wildman–Crippen LogP) is 1.51. The molecule has 2 atom stereocenters. The molecule has 2 unspecified atom stereocenters. The van der Waals surface area contributed by atoms with Gasteiger partial charge in [-0.2, -0.15) is 0 Å². The molecule has 0 bridgehead atoms. The normalized spacial score (nSPS) is 20.3. The number of aliphatic carboxylic acids is 1. The summed E-state index contributed by atoms with van der Waals surface area (Å²) in [5, 5.41) is 8.93. The Bertz CT molecular complexity index is 461. The molecule has 1 saturated heterocycles. The summed E-state index contributed by atoms with van der Waals surface area (Å²) in [5.41, 5.74) is 1.08. The van der Waals surface area contributed by atoms with Crippen LogP contribution in [0.2, 0.25) is 0 Å². The Hall–Kier alpha value is -1.91. The number of pyridine rings is 1. The second-order valence-corrected chi connectivity index (χ2v) is 5.05. The lowest BCUT2D eigenvalue weighted by atomic mass is 9.98. The average Bonchev–Trinajstić information content (AvgIpc) is 2.89. The number of carboxylic acids is 1. The first-order valence-electron chi connectivity index (χ1n) is 6.48. The summed E-state index contributed by atoms with van der Waals surface area (Å²) in [7, 11) is 0. The molecule has 2 rings (SSSR count). The van der Waals surface area contributed by atoms with Crippen molar-refractivity contribution in [2.45, 2.75) is 25.7 Å². The molecule has 102 valence electrons. The minimum atomic E-state index is -0.808. The number of amides is 1. The van der Waals surface area contributed by atoms with E-state index in [1.54, 1.807) is 17.3 Å². The van der Waals surface area contributed by atoms with Gasteiger partial charge in [-0.25, -0.2) is 0 Å². The minimum Gasteiger partial charge on any atom is -0.481 e. The Morgan fingerprint density at radius 3 is 2.74 bits per heavy atom. The van der Waals surface area contributed by atoms with E-state index in [0.29, 0.717) is 25.9 Å². The van der Waals surface area contributed by atoms with Gasteiger partial charge in [0.2, 0.25) is 5.91 Å². The molecule has 1 aliphatic heterocycles. The monoisotopic (exact) mass is 262 g/mol. The van der Waals surface area contributed by atoms with E-state index in [-0.39, 0.29) is 11.8 Å². The molecule has 0 spiro atoms. The van der Waals surface area contributed by atoms with Gasteiger partial charge in [0.1, 0.15) is 0 Å². The van der Waals surface area contributed by atoms with Gasteiger partial charge in [-0.15, -0.1) is 0 Å². The summed E-state index contributed by atoms with van der Waals surface area (Å²) in [6.45, 7) is 2.90. The molecule has 5 heteroatoms. The van der Waals surface area contributed by atoms with E-state index in [1.807, 2.05) is 19.1 Å². The molecule has 5 nitrogen and oxygen atoms in total. The molecular weight excluding hydrogens is 244 g/mol. The first-order valence-corrected chi connectivity index (χ1v) is 6.48. The Morgan fingerprint density at radius 2 is 2.16 bits per heavy atom. The number of carboxylic acid groups (broad SMARTS) is 1. The summed E-state index contributed by atoms with van der Waals surface area (Å²) in [4.78, 5) is 28.6. The van der Waals surface area contributed by atoms with Crippen LogP contribution in [-0.4, -0.2) is 40.0 Å². The summed E-state index contributed by atoms with van der Waals surface area (Å²) < 4.78 is 0. The number of likely N-dealkylation sites (tertiary alicyclic amines) is 1. The van der Waals surface area contributed by atoms with E-state index in [1.165, 1.54) is 0 Å². The summed E-state index contributed by atoms with van der Waals surface area (Å²) in [5.74, 6) is -1.05. The van der Waals surface area contributed by atoms with E-state index in [4.69, 9.17) is 5.11 Å². The fourth-order valence-corrected chi connectivity index (χ4v) is 2.39. The molecule has 1 aromatic rings. The van der Waals surface area contributed by atoms with Gasteiger partial charge in [0.25, 0.3) is 0 Å². The lowest BCUT2D eigenvalue weighted by Crippen LogP contribution is -2.30. The van der Waals surface area contributed by atoms with Gasteiger partial charge in [-0.3, -0.25) is 14.6 Å². The van der Waals surface area contributed by atoms with Crippen molar-refractivity contribution >= 4 is 11.9 Å². The third-order valence-electron chi connectivity index (χ3n) is 3.65. The number of hydrogen-bond donors (Lipinski definition) is 1. The zero-order valence-corrected chi connectivity index (χ0v) is 11.0. The van der Waals surface area contributed by atoms with Crippen molar-refractivity contribution in [3.8, 4) is 0 Å². The van der Waals surface area contributed by atoms with Gasteiger partial charge in [-0.1, -0.05) is 6.92 Å². The van der Waals surface area contributed by atoms with Crippen molar-refractivity contribution in [1.29, 1.82) is 0 Å². The minimum absolute atomic E-state index is 0.0352. The third-order valence-corrected chi connectivity index (χ3v) is 3.65. The van der Waals surface area contributed by atoms with Crippen molar-refractivity contribution in [3.63, 3.8) is 0 Å². The van der Waals surface area contributed by atoms with Gasteiger partial charge in [-0.05, 0) is 30.0 Å². The molecule has 19 heavy (non-hydrogen) atoms. The first kappa shape index (κ1) is 13.5. The Morgan fingerprint density at radius 1 is 1.47 bits per heavy atom. The molecule has 1 amide bonds. The summed E-state index contributed by atoms with van der Waals surface area (Å²) in [6.07, 6.45) is 4.40. The number of carbonyl (C=O) groups is 2. The maximum atomic E-state index is 12.1. The van der Waals surface area contributed by atoms with Crippen molar-refractivity contribution in [2.24, 2.45) is 5.92 Å². The molecule has 1 aliphatic rings. The summed E-state index contributed by atoms with van der Waals surface area (Å²) >= 11 is 0. The van der Waals surface area contributed by atoms with Crippen molar-refractivity contribution in [2.75, 3.05) is 13.1 Å². The first-order chi connectivity index (χ1) is 9.08. The fourth-order valence-electron chi connectivity index (χ4n) is 2.39. The number of rotatable bonds is 4. The molecule has 1 aromatic heterocycles. The largest absolute Gasteiger partial charge is 0.481 e. The standard InChI is InChI=1S/C14H18N2O3/c1-10(11-2-5-15-6-3-11)8-13(17)16-7-4-12(9-16)14(18)19/h2-3,5-6,10,12H,4,7-9H2,1H3,(H,18,19). The Labute approximate surface area is 112 Å². The highest BCUT2D eigenvalue weighted by Gasteiger charge is 2.31. The zero-order chi connectivity index (χ0) is 13.8. The smallest absolute Gasteiger partial charge is 0.308 e. The molecule has 0 aromatic carbocycles. The van der Waals surface area contributed by atoms with E-state index in [0.717, 1.165) is 5.56 Å². The van der Waals surface area contributed by atoms with Crippen LogP contribution in [0.15, 0.2) is 24.5 Å². The van der Waals surface area contributed by atoms with Crippen LogP contribution in [0.3, 0.4) is 0 Å². The summed E-state index contributed by atoms with van der Waals surface area (Å²) in [6, 6.07) is 3.81. The molecule has 0 aliphatic carbocycles. The van der Waals surface area contributed by atoms with Gasteiger partial charge < -0.3 is 10.0 Å². The predicted molar refractivity (Wildman–Crippen MR) is 69.6 cm³/mol. The molecule has 2 heterocycles. The zero-order valence-electron chi connectivity index (χ0n) is 11.0. The van der Waals surface area contributed by atoms with Crippen molar-refractivity contribution < 1.29 is 14.7 Å². The SMILES string of the molecule is CC(CC(=O)N1CCC(C(=O)O)C1)c1ccncc1. The number of nitrogens with zero attached hydrogens (tertiary/aromatic N) is 2. The fraction of sp³-hybridized carbons (Fsp3) is 0.500. The van der Waals surface area contributed by atoms with Crippen LogP contribution < -0.4 is 0 Å². The number of hydrogen-bond acceptors (Lipinski definition) is 3. The average molecular weight is 262 g/mol. The quantitative estimate of drug-likeness (QED) is 0.892. The lowest BCUT2D eigenvalue weighted by molar-refractivity contribution is -0.141. The molecule has 1 N–H and O–H groups in total. The van der Waals surface area contributed by atoms with Crippen molar-refractivity contribution in [1.82, 2.24) is 9.88 Å². The van der Waals surface area contributed by atoms with E-state index in [9.17, 15) is 9.59 Å². The molecule has 0 radical (unpaired) electrons. The molecular formula is C14H18N2O3. The second kappa shape index (κ2) is 5.82. The third kappa shape index (κ3) is 3.30. The Kier molecular flexibility index (Phi) is 4.14. The van der Waals surface area contributed by atoms with E-state index < -0.39 is 11.9 Å². The van der Waals surface area contributed by atoms with Gasteiger partial charge in [0.05, 0.1) is 5.92 Å². The lowest BCUT2D eigenvalue weighted by Gasteiger charge is -2.18. The van der Waals surface area contributed by atoms with Crippen LogP contribution in [-0.2, 0) is 9.59 Å². The van der Waals surface area contributed by atoms with E-state index in [2.05, 4.69) is 4.98 Å². The van der Waals surface area contributed by atoms with Crippen LogP contribution >= 0.6 is 0 Å². The molecule has 1 fully saturated rings. The maximum absolute atomic E-state index is 12.1. The van der Waals surface area contributed by atoms with E-state index >= 15 is 0 Å². The highest BCUT2D eigenvalue weighted by Crippen LogP contribution is 2.22. The van der Waals surface area contributed by atoms with Crippen LogP contribution in [0.25, 0.3) is 0 Å². The number of carbonyl (C=O) groups excluding carboxylic acids is 1. The van der Waals surface area contributed by atoms with Crippen LogP contribution in [0, 0.1) is 5.92 Å². The second-order valence-electron chi connectivity index (χ2n) is 5.05. The van der Waals surface area contributed by atoms with Crippen molar-refractivity contribution in [3.05, 3.63) is 30.1 Å². The van der Waals surface area contributed by atoms with Crippen LogP contribution in [0.4, 0.5) is 0 Å².